The zero-order valence-electron chi connectivity index (χ0n) is 12.0. The number of benzene rings is 1. The van der Waals surface area contributed by atoms with Crippen molar-refractivity contribution in [2.24, 2.45) is 0 Å². The number of aliphatic carboxylic acids is 1. The van der Waals surface area contributed by atoms with E-state index in [0.717, 1.165) is 5.56 Å². The van der Waals surface area contributed by atoms with Gasteiger partial charge in [0.1, 0.15) is 0 Å². The Labute approximate surface area is 120 Å². The van der Waals surface area contributed by atoms with Crippen molar-refractivity contribution in [1.29, 1.82) is 0 Å². The van der Waals surface area contributed by atoms with Gasteiger partial charge >= 0.3 is 5.97 Å². The molecule has 0 aromatic heterocycles. The Morgan fingerprint density at radius 1 is 1.30 bits per heavy atom. The average molecular weight is 277 g/mol. The Kier molecular flexibility index (Phi) is 6.42. The molecule has 3 N–H and O–H groups in total. The van der Waals surface area contributed by atoms with Gasteiger partial charge in [-0.3, -0.25) is 4.79 Å². The van der Waals surface area contributed by atoms with E-state index in [0.29, 0.717) is 12.5 Å². The predicted molar refractivity (Wildman–Crippen MR) is 79.7 cm³/mol. The lowest BCUT2D eigenvalue weighted by molar-refractivity contribution is -0.138. The first kappa shape index (κ1) is 16.4. The molecule has 0 saturated carbocycles. The first-order valence-corrected chi connectivity index (χ1v) is 6.79. The van der Waals surface area contributed by atoms with Gasteiger partial charge in [0.05, 0.1) is 12.5 Å². The van der Waals surface area contributed by atoms with Crippen LogP contribution in [0.3, 0.4) is 0 Å². The van der Waals surface area contributed by atoms with Gasteiger partial charge in [0, 0.05) is 12.6 Å². The van der Waals surface area contributed by atoms with Crippen LogP contribution in [0.25, 0.3) is 0 Å². The second-order valence-corrected chi connectivity index (χ2v) is 5.17. The van der Waals surface area contributed by atoms with E-state index in [1.165, 1.54) is 5.56 Å². The molecule has 4 heteroatoms. The number of hydrogen-bond acceptors (Lipinski definition) is 3. The van der Waals surface area contributed by atoms with Crippen LogP contribution in [0.2, 0.25) is 0 Å². The number of aliphatic hydroxyl groups is 1. The van der Waals surface area contributed by atoms with Crippen LogP contribution in [0.5, 0.6) is 0 Å². The average Bonchev–Trinajstić information content (AvgIpc) is 2.42. The van der Waals surface area contributed by atoms with E-state index in [2.05, 4.69) is 25.7 Å². The molecule has 0 heterocycles. The number of aliphatic hydroxyl groups excluding tert-OH is 1. The fourth-order valence-electron chi connectivity index (χ4n) is 2.03. The molecule has 0 aliphatic heterocycles. The molecule has 0 aliphatic rings. The molecule has 1 aromatic carbocycles. The molecular weight excluding hydrogens is 254 g/mol. The van der Waals surface area contributed by atoms with E-state index in [1.807, 2.05) is 24.3 Å². The molecule has 0 amide bonds. The molecule has 2 unspecified atom stereocenters. The van der Waals surface area contributed by atoms with Gasteiger partial charge in [0.25, 0.3) is 0 Å². The maximum Gasteiger partial charge on any atom is 0.305 e. The maximum absolute atomic E-state index is 10.9. The van der Waals surface area contributed by atoms with Gasteiger partial charge in [-0.1, -0.05) is 44.2 Å². The smallest absolute Gasteiger partial charge is 0.305 e. The van der Waals surface area contributed by atoms with Gasteiger partial charge in [0.15, 0.2) is 0 Å². The molecule has 0 radical (unpaired) electrons. The summed E-state index contributed by atoms with van der Waals surface area (Å²) in [6.45, 7) is 8.24. The molecule has 0 spiro atoms. The summed E-state index contributed by atoms with van der Waals surface area (Å²) >= 11 is 0. The second kappa shape index (κ2) is 7.82. The first-order chi connectivity index (χ1) is 9.45. The molecule has 1 aromatic rings. The van der Waals surface area contributed by atoms with Crippen molar-refractivity contribution in [2.45, 2.75) is 38.3 Å². The molecule has 0 saturated heterocycles. The minimum Gasteiger partial charge on any atom is -0.481 e. The highest BCUT2D eigenvalue weighted by molar-refractivity contribution is 5.67. The molecule has 0 fully saturated rings. The largest absolute Gasteiger partial charge is 0.481 e. The molecule has 1 rings (SSSR count). The molecule has 2 atom stereocenters. The van der Waals surface area contributed by atoms with Crippen LogP contribution in [0.4, 0.5) is 0 Å². The topological polar surface area (TPSA) is 69.6 Å². The lowest BCUT2D eigenvalue weighted by atomic mass is 9.96. The Bertz CT molecular complexity index is 440. The van der Waals surface area contributed by atoms with Gasteiger partial charge in [0.2, 0.25) is 0 Å². The lowest BCUT2D eigenvalue weighted by Gasteiger charge is -2.23. The molecule has 4 nitrogen and oxygen atoms in total. The molecule has 0 bridgehead atoms. The molecular formula is C16H23NO3. The number of carboxylic acids is 1. The number of hydrogen-bond donors (Lipinski definition) is 3. The highest BCUT2D eigenvalue weighted by Crippen LogP contribution is 2.22. The zero-order valence-corrected chi connectivity index (χ0v) is 12.0. The van der Waals surface area contributed by atoms with Gasteiger partial charge in [-0.15, -0.1) is 6.58 Å². The van der Waals surface area contributed by atoms with Crippen LogP contribution >= 0.6 is 0 Å². The van der Waals surface area contributed by atoms with Crippen molar-refractivity contribution < 1.29 is 15.0 Å². The van der Waals surface area contributed by atoms with Crippen molar-refractivity contribution >= 4 is 5.97 Å². The summed E-state index contributed by atoms with van der Waals surface area (Å²) in [5.74, 6) is -0.515. The van der Waals surface area contributed by atoms with E-state index < -0.39 is 18.1 Å². The quantitative estimate of drug-likeness (QED) is 0.638. The lowest BCUT2D eigenvalue weighted by Crippen LogP contribution is -2.37. The highest BCUT2D eigenvalue weighted by Gasteiger charge is 2.22. The highest BCUT2D eigenvalue weighted by atomic mass is 16.4. The molecule has 110 valence electrons. The van der Waals surface area contributed by atoms with E-state index in [9.17, 15) is 9.90 Å². The van der Waals surface area contributed by atoms with Gasteiger partial charge in [-0.05, 0) is 17.0 Å². The molecule has 20 heavy (non-hydrogen) atoms. The fraction of sp³-hybridized carbons (Fsp3) is 0.438. The Morgan fingerprint density at radius 3 is 2.30 bits per heavy atom. The van der Waals surface area contributed by atoms with E-state index in [1.54, 1.807) is 6.08 Å². The van der Waals surface area contributed by atoms with Gasteiger partial charge in [-0.2, -0.15) is 0 Å². The molecule has 0 aliphatic carbocycles. The van der Waals surface area contributed by atoms with Crippen LogP contribution in [-0.2, 0) is 4.79 Å². The third kappa shape index (κ3) is 4.79. The van der Waals surface area contributed by atoms with Crippen molar-refractivity contribution in [2.75, 3.05) is 6.54 Å². The number of rotatable bonds is 8. The minimum absolute atomic E-state index is 0.138. The second-order valence-electron chi connectivity index (χ2n) is 5.17. The third-order valence-corrected chi connectivity index (χ3v) is 3.24. The number of carbonyl (C=O) groups is 1. The number of carboxylic acid groups (broad SMARTS) is 1. The zero-order chi connectivity index (χ0) is 15.1. The maximum atomic E-state index is 10.9. The Balaban J connectivity index is 2.83. The summed E-state index contributed by atoms with van der Waals surface area (Å²) < 4.78 is 0. The van der Waals surface area contributed by atoms with Crippen molar-refractivity contribution in [3.05, 3.63) is 48.0 Å². The fourth-order valence-corrected chi connectivity index (χ4v) is 2.03. The van der Waals surface area contributed by atoms with Crippen LogP contribution < -0.4 is 5.32 Å². The van der Waals surface area contributed by atoms with E-state index in [4.69, 9.17) is 5.11 Å². The van der Waals surface area contributed by atoms with Crippen molar-refractivity contribution in [3.8, 4) is 0 Å². The summed E-state index contributed by atoms with van der Waals surface area (Å²) in [5.41, 5.74) is 1.91. The number of nitrogens with one attached hydrogen (secondary N) is 1. The summed E-state index contributed by atoms with van der Waals surface area (Å²) in [5, 5.41) is 22.2. The van der Waals surface area contributed by atoms with Crippen molar-refractivity contribution in [3.63, 3.8) is 0 Å². The minimum atomic E-state index is -0.940. The SMILES string of the molecule is C=CCNC(CC(=O)O)C(O)c1ccc(C(C)C)cc1. The van der Waals surface area contributed by atoms with Crippen LogP contribution in [0.15, 0.2) is 36.9 Å². The van der Waals surface area contributed by atoms with E-state index >= 15 is 0 Å². The summed E-state index contributed by atoms with van der Waals surface area (Å²) in [6.07, 6.45) is 0.650. The van der Waals surface area contributed by atoms with E-state index in [-0.39, 0.29) is 6.42 Å². The van der Waals surface area contributed by atoms with Gasteiger partial charge < -0.3 is 15.5 Å². The summed E-state index contributed by atoms with van der Waals surface area (Å²) in [7, 11) is 0. The monoisotopic (exact) mass is 277 g/mol. The summed E-state index contributed by atoms with van der Waals surface area (Å²) in [4.78, 5) is 10.9. The normalized spacial score (nSPS) is 14.0. The van der Waals surface area contributed by atoms with Crippen LogP contribution in [0.1, 0.15) is 43.4 Å². The van der Waals surface area contributed by atoms with Gasteiger partial charge in [-0.25, -0.2) is 0 Å². The standard InChI is InChI=1S/C16H23NO3/c1-4-9-17-14(10-15(18)19)16(20)13-7-5-12(6-8-13)11(2)3/h4-8,11,14,16-17,20H,1,9-10H2,2-3H3,(H,18,19). The van der Waals surface area contributed by atoms with Crippen molar-refractivity contribution in [1.82, 2.24) is 5.32 Å². The van der Waals surface area contributed by atoms with Crippen LogP contribution in [-0.4, -0.2) is 28.8 Å². The van der Waals surface area contributed by atoms with Crippen LogP contribution in [0, 0.1) is 0 Å². The predicted octanol–water partition coefficient (Wildman–Crippen LogP) is 2.46. The Morgan fingerprint density at radius 2 is 1.85 bits per heavy atom. The Hall–Kier alpha value is -1.65. The summed E-state index contributed by atoms with van der Waals surface area (Å²) in [6, 6.07) is 7.10. The third-order valence-electron chi connectivity index (χ3n) is 3.24. The first-order valence-electron chi connectivity index (χ1n) is 6.79.